The van der Waals surface area contributed by atoms with Crippen molar-refractivity contribution < 1.29 is 14.0 Å². The van der Waals surface area contributed by atoms with E-state index in [9.17, 15) is 9.59 Å². The molecule has 8 nitrogen and oxygen atoms in total. The standard InChI is InChI=1S/C14H17N5O3/c15-12(20)11-9-19(8-10-2-1-7-22-10)13(17-11)14(21)18-5-3-16-4-6-18/h1-2,7,9,16H,3-6,8H2,(H2,15,20). The zero-order valence-corrected chi connectivity index (χ0v) is 12.0. The van der Waals surface area contributed by atoms with E-state index in [0.717, 1.165) is 13.1 Å². The van der Waals surface area contributed by atoms with Crippen molar-refractivity contribution in [3.63, 3.8) is 0 Å². The molecule has 0 radical (unpaired) electrons. The summed E-state index contributed by atoms with van der Waals surface area (Å²) in [6, 6.07) is 3.56. The number of nitrogens with two attached hydrogens (primary N) is 1. The number of nitrogens with one attached hydrogen (secondary N) is 1. The number of imidazole rings is 1. The smallest absolute Gasteiger partial charge is 0.289 e. The highest BCUT2D eigenvalue weighted by molar-refractivity contribution is 5.95. The molecule has 1 aliphatic heterocycles. The summed E-state index contributed by atoms with van der Waals surface area (Å²) in [6.07, 6.45) is 3.04. The Hall–Kier alpha value is -2.61. The predicted octanol–water partition coefficient (Wildman–Crippen LogP) is -0.331. The van der Waals surface area contributed by atoms with Crippen molar-refractivity contribution in [1.29, 1.82) is 0 Å². The van der Waals surface area contributed by atoms with E-state index in [-0.39, 0.29) is 17.4 Å². The molecule has 3 N–H and O–H groups in total. The Morgan fingerprint density at radius 3 is 2.77 bits per heavy atom. The molecule has 0 aromatic carbocycles. The second kappa shape index (κ2) is 6.02. The number of rotatable bonds is 4. The van der Waals surface area contributed by atoms with Crippen molar-refractivity contribution >= 4 is 11.8 Å². The maximum absolute atomic E-state index is 12.6. The molecule has 0 spiro atoms. The van der Waals surface area contributed by atoms with Gasteiger partial charge in [0.1, 0.15) is 11.5 Å². The largest absolute Gasteiger partial charge is 0.467 e. The minimum atomic E-state index is -0.660. The van der Waals surface area contributed by atoms with Gasteiger partial charge in [-0.15, -0.1) is 0 Å². The number of primary amides is 1. The fourth-order valence-corrected chi connectivity index (χ4v) is 2.41. The van der Waals surface area contributed by atoms with E-state index in [1.165, 1.54) is 6.20 Å². The zero-order chi connectivity index (χ0) is 15.5. The van der Waals surface area contributed by atoms with Gasteiger partial charge < -0.3 is 24.9 Å². The Morgan fingerprint density at radius 1 is 1.36 bits per heavy atom. The number of hydrogen-bond acceptors (Lipinski definition) is 5. The molecule has 22 heavy (non-hydrogen) atoms. The van der Waals surface area contributed by atoms with Crippen molar-refractivity contribution in [3.8, 4) is 0 Å². The molecule has 2 aromatic rings. The average molecular weight is 303 g/mol. The monoisotopic (exact) mass is 303 g/mol. The summed E-state index contributed by atoms with van der Waals surface area (Å²) in [5.41, 5.74) is 5.35. The first-order chi connectivity index (χ1) is 10.6. The van der Waals surface area contributed by atoms with Gasteiger partial charge in [0.15, 0.2) is 5.82 Å². The molecular formula is C14H17N5O3. The number of carbonyl (C=O) groups is 2. The summed E-state index contributed by atoms with van der Waals surface area (Å²) < 4.78 is 6.89. The van der Waals surface area contributed by atoms with Crippen LogP contribution in [0.2, 0.25) is 0 Å². The third-order valence-corrected chi connectivity index (χ3v) is 3.53. The Balaban J connectivity index is 1.90. The summed E-state index contributed by atoms with van der Waals surface area (Å²) >= 11 is 0. The predicted molar refractivity (Wildman–Crippen MR) is 77.3 cm³/mol. The number of hydrogen-bond donors (Lipinski definition) is 2. The molecule has 1 aliphatic rings. The van der Waals surface area contributed by atoms with Gasteiger partial charge >= 0.3 is 0 Å². The highest BCUT2D eigenvalue weighted by Gasteiger charge is 2.24. The topological polar surface area (TPSA) is 106 Å². The molecule has 1 saturated heterocycles. The van der Waals surface area contributed by atoms with Gasteiger partial charge in [0.05, 0.1) is 12.8 Å². The molecule has 0 saturated carbocycles. The van der Waals surface area contributed by atoms with Crippen molar-refractivity contribution in [1.82, 2.24) is 19.8 Å². The molecule has 116 valence electrons. The molecule has 0 aliphatic carbocycles. The van der Waals surface area contributed by atoms with Gasteiger partial charge in [-0.05, 0) is 12.1 Å². The van der Waals surface area contributed by atoms with Crippen LogP contribution in [0.4, 0.5) is 0 Å². The van der Waals surface area contributed by atoms with E-state index in [1.54, 1.807) is 27.9 Å². The van der Waals surface area contributed by atoms with Gasteiger partial charge in [0, 0.05) is 32.4 Å². The lowest BCUT2D eigenvalue weighted by molar-refractivity contribution is 0.0718. The van der Waals surface area contributed by atoms with Crippen LogP contribution < -0.4 is 11.1 Å². The lowest BCUT2D eigenvalue weighted by Crippen LogP contribution is -2.47. The van der Waals surface area contributed by atoms with Crippen LogP contribution in [0.3, 0.4) is 0 Å². The summed E-state index contributed by atoms with van der Waals surface area (Å²) in [4.78, 5) is 29.8. The third-order valence-electron chi connectivity index (χ3n) is 3.53. The lowest BCUT2D eigenvalue weighted by atomic mass is 10.3. The highest BCUT2D eigenvalue weighted by Crippen LogP contribution is 2.12. The second-order valence-electron chi connectivity index (χ2n) is 5.06. The fraction of sp³-hybridized carbons (Fsp3) is 0.357. The summed E-state index contributed by atoms with van der Waals surface area (Å²) in [7, 11) is 0. The number of nitrogens with zero attached hydrogens (tertiary/aromatic N) is 3. The molecule has 0 unspecified atom stereocenters. The zero-order valence-electron chi connectivity index (χ0n) is 12.0. The van der Waals surface area contributed by atoms with Crippen molar-refractivity contribution in [2.24, 2.45) is 5.73 Å². The molecule has 3 heterocycles. The van der Waals surface area contributed by atoms with Crippen LogP contribution in [0.25, 0.3) is 0 Å². The molecule has 0 bridgehead atoms. The van der Waals surface area contributed by atoms with Gasteiger partial charge in [-0.1, -0.05) is 0 Å². The lowest BCUT2D eigenvalue weighted by Gasteiger charge is -2.27. The molecular weight excluding hydrogens is 286 g/mol. The van der Waals surface area contributed by atoms with Gasteiger partial charge in [-0.2, -0.15) is 0 Å². The number of piperazine rings is 1. The van der Waals surface area contributed by atoms with Crippen LogP contribution in [0, 0.1) is 0 Å². The summed E-state index contributed by atoms with van der Waals surface area (Å²) in [6.45, 7) is 3.03. The maximum atomic E-state index is 12.6. The van der Waals surface area contributed by atoms with Crippen LogP contribution in [0.15, 0.2) is 29.0 Å². The second-order valence-corrected chi connectivity index (χ2v) is 5.06. The normalized spacial score (nSPS) is 15.0. The first kappa shape index (κ1) is 14.3. The first-order valence-corrected chi connectivity index (χ1v) is 7.04. The summed E-state index contributed by atoms with van der Waals surface area (Å²) in [5.74, 6) is 0.00277. The summed E-state index contributed by atoms with van der Waals surface area (Å²) in [5, 5.41) is 3.19. The van der Waals surface area contributed by atoms with Gasteiger partial charge in [0.25, 0.3) is 11.8 Å². The van der Waals surface area contributed by atoms with Gasteiger partial charge in [-0.3, -0.25) is 9.59 Å². The van der Waals surface area contributed by atoms with Crippen LogP contribution in [0.1, 0.15) is 26.9 Å². The van der Waals surface area contributed by atoms with Crippen molar-refractivity contribution in [2.75, 3.05) is 26.2 Å². The maximum Gasteiger partial charge on any atom is 0.289 e. The average Bonchev–Trinajstić information content (AvgIpc) is 3.18. The van der Waals surface area contributed by atoms with Crippen LogP contribution in [0.5, 0.6) is 0 Å². The van der Waals surface area contributed by atoms with E-state index < -0.39 is 5.91 Å². The SMILES string of the molecule is NC(=O)c1cn(Cc2ccco2)c(C(=O)N2CCNCC2)n1. The number of aromatic nitrogens is 2. The fourth-order valence-electron chi connectivity index (χ4n) is 2.41. The third kappa shape index (κ3) is 2.86. The number of carbonyl (C=O) groups excluding carboxylic acids is 2. The Bertz CT molecular complexity index is 671. The van der Waals surface area contributed by atoms with Crippen molar-refractivity contribution in [3.05, 3.63) is 41.9 Å². The Morgan fingerprint density at radius 2 is 2.14 bits per heavy atom. The quantitative estimate of drug-likeness (QED) is 0.804. The molecule has 2 amide bonds. The number of amides is 2. The van der Waals surface area contributed by atoms with Crippen molar-refractivity contribution in [2.45, 2.75) is 6.54 Å². The van der Waals surface area contributed by atoms with E-state index in [2.05, 4.69) is 10.3 Å². The first-order valence-electron chi connectivity index (χ1n) is 7.04. The van der Waals surface area contributed by atoms with Crippen LogP contribution in [-0.4, -0.2) is 52.4 Å². The molecule has 2 aromatic heterocycles. The van der Waals surface area contributed by atoms with Gasteiger partial charge in [-0.25, -0.2) is 4.98 Å². The molecule has 3 rings (SSSR count). The van der Waals surface area contributed by atoms with Crippen LogP contribution in [-0.2, 0) is 6.54 Å². The van der Waals surface area contributed by atoms with Crippen LogP contribution >= 0.6 is 0 Å². The van der Waals surface area contributed by atoms with E-state index in [1.807, 2.05) is 0 Å². The minimum Gasteiger partial charge on any atom is -0.467 e. The van der Waals surface area contributed by atoms with E-state index in [4.69, 9.17) is 10.2 Å². The Kier molecular flexibility index (Phi) is 3.92. The Labute approximate surface area is 126 Å². The van der Waals surface area contributed by atoms with E-state index in [0.29, 0.717) is 25.4 Å². The molecule has 8 heteroatoms. The molecule has 1 fully saturated rings. The van der Waals surface area contributed by atoms with E-state index >= 15 is 0 Å². The molecule has 0 atom stereocenters. The number of furan rings is 1. The van der Waals surface area contributed by atoms with Gasteiger partial charge in [0.2, 0.25) is 0 Å². The minimum absolute atomic E-state index is 0.0741. The highest BCUT2D eigenvalue weighted by atomic mass is 16.3.